The molecular formula is C18H14ClN5OS. The van der Waals surface area contributed by atoms with Gasteiger partial charge in [-0.3, -0.25) is 4.79 Å². The van der Waals surface area contributed by atoms with Crippen molar-refractivity contribution in [1.82, 2.24) is 19.8 Å². The number of anilines is 2. The first-order valence-corrected chi connectivity index (χ1v) is 9.10. The minimum atomic E-state index is -0.245. The summed E-state index contributed by atoms with van der Waals surface area (Å²) in [6.07, 6.45) is 0.426. The van der Waals surface area contributed by atoms with E-state index in [0.717, 1.165) is 11.3 Å². The van der Waals surface area contributed by atoms with Crippen LogP contribution in [0.3, 0.4) is 0 Å². The Morgan fingerprint density at radius 3 is 2.54 bits per heavy atom. The van der Waals surface area contributed by atoms with Gasteiger partial charge in [0.2, 0.25) is 10.1 Å². The fraction of sp³-hybridized carbons (Fsp3) is 0.111. The number of nitrogens with zero attached hydrogens (tertiary/aromatic N) is 5. The SMILES string of the molecule is CN(c1ccc(Cl)cc1)c1nn2c(=O)c(Cc3ccccc3)nnc2s1. The molecule has 0 aliphatic heterocycles. The number of rotatable bonds is 4. The van der Waals surface area contributed by atoms with Gasteiger partial charge in [0.1, 0.15) is 5.69 Å². The average molecular weight is 384 g/mol. The van der Waals surface area contributed by atoms with E-state index in [1.165, 1.54) is 15.9 Å². The molecule has 4 aromatic rings. The molecule has 0 unspecified atom stereocenters. The zero-order chi connectivity index (χ0) is 18.1. The van der Waals surface area contributed by atoms with Gasteiger partial charge in [0.15, 0.2) is 0 Å². The molecule has 0 bridgehead atoms. The van der Waals surface area contributed by atoms with Gasteiger partial charge in [-0.1, -0.05) is 53.3 Å². The quantitative estimate of drug-likeness (QED) is 0.539. The summed E-state index contributed by atoms with van der Waals surface area (Å²) in [5.41, 5.74) is 2.05. The molecule has 130 valence electrons. The van der Waals surface area contributed by atoms with Crippen LogP contribution in [-0.4, -0.2) is 26.9 Å². The van der Waals surface area contributed by atoms with E-state index in [1.807, 2.05) is 66.5 Å². The third-order valence-electron chi connectivity index (χ3n) is 3.96. The van der Waals surface area contributed by atoms with Crippen molar-refractivity contribution in [1.29, 1.82) is 0 Å². The summed E-state index contributed by atoms with van der Waals surface area (Å²) in [6, 6.07) is 17.1. The van der Waals surface area contributed by atoms with E-state index in [4.69, 9.17) is 11.6 Å². The lowest BCUT2D eigenvalue weighted by atomic mass is 10.1. The minimum absolute atomic E-state index is 0.245. The number of fused-ring (bicyclic) bond motifs is 1. The van der Waals surface area contributed by atoms with Crippen LogP contribution in [0.5, 0.6) is 0 Å². The van der Waals surface area contributed by atoms with E-state index in [1.54, 1.807) is 0 Å². The molecule has 6 nitrogen and oxygen atoms in total. The zero-order valence-corrected chi connectivity index (χ0v) is 15.4. The fourth-order valence-electron chi connectivity index (χ4n) is 2.55. The van der Waals surface area contributed by atoms with Crippen LogP contribution in [0.25, 0.3) is 4.96 Å². The van der Waals surface area contributed by atoms with E-state index in [2.05, 4.69) is 15.3 Å². The molecule has 8 heteroatoms. The first-order valence-electron chi connectivity index (χ1n) is 7.90. The molecule has 0 atom stereocenters. The number of hydrogen-bond donors (Lipinski definition) is 0. The molecule has 0 spiro atoms. The molecule has 0 fully saturated rings. The van der Waals surface area contributed by atoms with Crippen molar-refractivity contribution < 1.29 is 0 Å². The Balaban J connectivity index is 1.70. The van der Waals surface area contributed by atoms with Crippen LogP contribution in [0.2, 0.25) is 5.02 Å². The van der Waals surface area contributed by atoms with Crippen LogP contribution in [-0.2, 0) is 6.42 Å². The Labute approximate surface area is 158 Å². The summed E-state index contributed by atoms with van der Waals surface area (Å²) in [5, 5.41) is 14.0. The molecule has 2 heterocycles. The third kappa shape index (κ3) is 3.18. The highest BCUT2D eigenvalue weighted by Crippen LogP contribution is 2.27. The molecule has 26 heavy (non-hydrogen) atoms. The van der Waals surface area contributed by atoms with E-state index < -0.39 is 0 Å². The van der Waals surface area contributed by atoms with Crippen molar-refractivity contribution >= 4 is 38.7 Å². The van der Waals surface area contributed by atoms with Gasteiger partial charge >= 0.3 is 0 Å². The van der Waals surface area contributed by atoms with Gasteiger partial charge in [-0.15, -0.1) is 15.3 Å². The second-order valence-electron chi connectivity index (χ2n) is 5.73. The van der Waals surface area contributed by atoms with Crippen LogP contribution in [0.1, 0.15) is 11.3 Å². The van der Waals surface area contributed by atoms with Gasteiger partial charge in [0, 0.05) is 24.2 Å². The predicted molar refractivity (Wildman–Crippen MR) is 104 cm³/mol. The van der Waals surface area contributed by atoms with Crippen LogP contribution >= 0.6 is 22.9 Å². The van der Waals surface area contributed by atoms with E-state index in [0.29, 0.717) is 27.2 Å². The molecule has 0 aliphatic rings. The van der Waals surface area contributed by atoms with Crippen molar-refractivity contribution in [2.45, 2.75) is 6.42 Å². The van der Waals surface area contributed by atoms with E-state index in [9.17, 15) is 4.79 Å². The van der Waals surface area contributed by atoms with Crippen molar-refractivity contribution in [2.75, 3.05) is 11.9 Å². The molecule has 0 radical (unpaired) electrons. The molecule has 0 amide bonds. The molecule has 2 aromatic carbocycles. The molecule has 0 aliphatic carbocycles. The van der Waals surface area contributed by atoms with Crippen LogP contribution in [0.15, 0.2) is 59.4 Å². The van der Waals surface area contributed by atoms with Crippen LogP contribution < -0.4 is 10.5 Å². The van der Waals surface area contributed by atoms with Gasteiger partial charge in [-0.2, -0.15) is 4.52 Å². The van der Waals surface area contributed by atoms with Gasteiger partial charge in [-0.05, 0) is 29.8 Å². The highest BCUT2D eigenvalue weighted by molar-refractivity contribution is 7.20. The summed E-state index contributed by atoms with van der Waals surface area (Å²) in [4.78, 5) is 15.1. The van der Waals surface area contributed by atoms with Crippen molar-refractivity contribution in [2.24, 2.45) is 0 Å². The Hall–Kier alpha value is -2.77. The third-order valence-corrected chi connectivity index (χ3v) is 5.19. The highest BCUT2D eigenvalue weighted by atomic mass is 35.5. The summed E-state index contributed by atoms with van der Waals surface area (Å²) in [6.45, 7) is 0. The van der Waals surface area contributed by atoms with Gasteiger partial charge in [-0.25, -0.2) is 0 Å². The summed E-state index contributed by atoms with van der Waals surface area (Å²) in [7, 11) is 1.88. The lowest BCUT2D eigenvalue weighted by molar-refractivity contribution is 0.805. The number of hydrogen-bond acceptors (Lipinski definition) is 6. The van der Waals surface area contributed by atoms with Crippen molar-refractivity contribution in [3.8, 4) is 0 Å². The number of aromatic nitrogens is 4. The second kappa shape index (κ2) is 6.86. The number of benzene rings is 2. The normalized spacial score (nSPS) is 11.0. The molecule has 4 rings (SSSR count). The molecule has 0 saturated heterocycles. The maximum absolute atomic E-state index is 12.7. The summed E-state index contributed by atoms with van der Waals surface area (Å²) >= 11 is 7.24. The Kier molecular flexibility index (Phi) is 4.40. The smallest absolute Gasteiger partial charge is 0.297 e. The van der Waals surface area contributed by atoms with Gasteiger partial charge in [0.25, 0.3) is 5.56 Å². The van der Waals surface area contributed by atoms with Crippen molar-refractivity contribution in [3.63, 3.8) is 0 Å². The van der Waals surface area contributed by atoms with Crippen molar-refractivity contribution in [3.05, 3.63) is 81.2 Å². The molecule has 0 saturated carbocycles. The predicted octanol–water partition coefficient (Wildman–Crippen LogP) is 3.56. The standard InChI is InChI=1S/C18H14ClN5OS/c1-23(14-9-7-13(19)8-10-14)18-22-24-16(25)15(20-21-17(24)26-18)11-12-5-3-2-4-6-12/h2-10H,11H2,1H3. The molecule has 0 N–H and O–H groups in total. The number of halogens is 1. The van der Waals surface area contributed by atoms with E-state index >= 15 is 0 Å². The lowest BCUT2D eigenvalue weighted by Crippen LogP contribution is -2.22. The van der Waals surface area contributed by atoms with Crippen LogP contribution in [0, 0.1) is 0 Å². The largest absolute Gasteiger partial charge is 0.319 e. The second-order valence-corrected chi connectivity index (χ2v) is 7.10. The van der Waals surface area contributed by atoms with Gasteiger partial charge in [0.05, 0.1) is 0 Å². The lowest BCUT2D eigenvalue weighted by Gasteiger charge is -2.14. The summed E-state index contributed by atoms with van der Waals surface area (Å²) < 4.78 is 1.32. The Bertz CT molecular complexity index is 1110. The summed E-state index contributed by atoms with van der Waals surface area (Å²) in [5.74, 6) is 0. The average Bonchev–Trinajstić information content (AvgIpc) is 3.10. The Morgan fingerprint density at radius 1 is 1.08 bits per heavy atom. The van der Waals surface area contributed by atoms with E-state index in [-0.39, 0.29) is 5.56 Å². The maximum Gasteiger partial charge on any atom is 0.297 e. The minimum Gasteiger partial charge on any atom is -0.319 e. The molecule has 2 aromatic heterocycles. The highest BCUT2D eigenvalue weighted by Gasteiger charge is 2.15. The van der Waals surface area contributed by atoms with Crippen LogP contribution in [0.4, 0.5) is 10.8 Å². The molecular weight excluding hydrogens is 370 g/mol. The first kappa shape index (κ1) is 16.7. The first-order chi connectivity index (χ1) is 12.6. The zero-order valence-electron chi connectivity index (χ0n) is 13.8. The monoisotopic (exact) mass is 383 g/mol. The Morgan fingerprint density at radius 2 is 1.81 bits per heavy atom. The maximum atomic E-state index is 12.7. The van der Waals surface area contributed by atoms with Gasteiger partial charge < -0.3 is 4.90 Å². The fourth-order valence-corrected chi connectivity index (χ4v) is 3.49. The topological polar surface area (TPSA) is 63.4 Å².